The van der Waals surface area contributed by atoms with Crippen molar-refractivity contribution in [2.24, 2.45) is 0 Å². The van der Waals surface area contributed by atoms with E-state index in [0.29, 0.717) is 18.0 Å². The molecule has 0 saturated carbocycles. The van der Waals surface area contributed by atoms with Crippen LogP contribution in [-0.2, 0) is 4.79 Å². The predicted molar refractivity (Wildman–Crippen MR) is 79.3 cm³/mol. The summed E-state index contributed by atoms with van der Waals surface area (Å²) < 4.78 is 10.9. The minimum atomic E-state index is -0.0535. The smallest absolute Gasteiger partial charge is 0.260 e. The Bertz CT molecular complexity index is 449. The SMILES string of the molecule is CCN(C)C(=O)COc1ccc(C(C)NC)cc1OC. The number of hydrogen-bond donors (Lipinski definition) is 1. The third kappa shape index (κ3) is 4.13. The van der Waals surface area contributed by atoms with E-state index in [-0.39, 0.29) is 18.6 Å². The van der Waals surface area contributed by atoms with Gasteiger partial charge in [-0.1, -0.05) is 6.07 Å². The molecule has 1 atom stereocenters. The van der Waals surface area contributed by atoms with Crippen LogP contribution in [-0.4, -0.2) is 45.2 Å². The number of methoxy groups -OCH3 is 1. The molecule has 112 valence electrons. The first-order valence-corrected chi connectivity index (χ1v) is 6.75. The number of likely N-dealkylation sites (N-methyl/N-ethyl adjacent to an activating group) is 1. The van der Waals surface area contributed by atoms with Gasteiger partial charge in [-0.2, -0.15) is 0 Å². The second kappa shape index (κ2) is 7.75. The Balaban J connectivity index is 2.78. The molecule has 1 aromatic carbocycles. The molecule has 0 radical (unpaired) electrons. The average Bonchev–Trinajstić information content (AvgIpc) is 2.50. The van der Waals surface area contributed by atoms with Gasteiger partial charge >= 0.3 is 0 Å². The molecule has 0 aliphatic rings. The fraction of sp³-hybridized carbons (Fsp3) is 0.533. The number of nitrogens with zero attached hydrogens (tertiary/aromatic N) is 1. The second-order valence-corrected chi connectivity index (χ2v) is 4.62. The molecule has 1 unspecified atom stereocenters. The van der Waals surface area contributed by atoms with Crippen molar-refractivity contribution in [2.45, 2.75) is 19.9 Å². The summed E-state index contributed by atoms with van der Waals surface area (Å²) in [4.78, 5) is 13.3. The summed E-state index contributed by atoms with van der Waals surface area (Å²) in [6.45, 7) is 4.67. The first-order chi connectivity index (χ1) is 9.53. The van der Waals surface area contributed by atoms with E-state index in [0.717, 1.165) is 5.56 Å². The predicted octanol–water partition coefficient (Wildman–Crippen LogP) is 1.83. The molecular formula is C15H24N2O3. The van der Waals surface area contributed by atoms with Crippen molar-refractivity contribution < 1.29 is 14.3 Å². The van der Waals surface area contributed by atoms with Gasteiger partial charge in [0.05, 0.1) is 7.11 Å². The topological polar surface area (TPSA) is 50.8 Å². The van der Waals surface area contributed by atoms with Crippen LogP contribution in [0.15, 0.2) is 18.2 Å². The molecule has 0 saturated heterocycles. The zero-order chi connectivity index (χ0) is 15.1. The zero-order valence-corrected chi connectivity index (χ0v) is 12.9. The maximum Gasteiger partial charge on any atom is 0.260 e. The molecule has 0 heterocycles. The van der Waals surface area contributed by atoms with Crippen LogP contribution in [0.25, 0.3) is 0 Å². The highest BCUT2D eigenvalue weighted by molar-refractivity contribution is 5.77. The number of ether oxygens (including phenoxy) is 2. The van der Waals surface area contributed by atoms with Gasteiger partial charge < -0.3 is 19.7 Å². The van der Waals surface area contributed by atoms with Gasteiger partial charge in [-0.15, -0.1) is 0 Å². The van der Waals surface area contributed by atoms with Gasteiger partial charge in [0.25, 0.3) is 5.91 Å². The van der Waals surface area contributed by atoms with Gasteiger partial charge in [-0.05, 0) is 38.6 Å². The van der Waals surface area contributed by atoms with Crippen LogP contribution < -0.4 is 14.8 Å². The van der Waals surface area contributed by atoms with Crippen LogP contribution in [0.1, 0.15) is 25.5 Å². The molecule has 0 fully saturated rings. The van der Waals surface area contributed by atoms with Crippen molar-refractivity contribution in [1.29, 1.82) is 0 Å². The van der Waals surface area contributed by atoms with Gasteiger partial charge in [0.1, 0.15) is 0 Å². The first kappa shape index (κ1) is 16.3. The molecule has 0 aliphatic heterocycles. The summed E-state index contributed by atoms with van der Waals surface area (Å²) in [6.07, 6.45) is 0. The van der Waals surface area contributed by atoms with E-state index in [1.54, 1.807) is 19.1 Å². The van der Waals surface area contributed by atoms with Gasteiger partial charge in [0.15, 0.2) is 18.1 Å². The second-order valence-electron chi connectivity index (χ2n) is 4.62. The third-order valence-electron chi connectivity index (χ3n) is 3.37. The lowest BCUT2D eigenvalue weighted by Gasteiger charge is -2.17. The summed E-state index contributed by atoms with van der Waals surface area (Å²) in [5.74, 6) is 1.16. The molecule has 1 aromatic rings. The fourth-order valence-corrected chi connectivity index (χ4v) is 1.67. The molecule has 5 heteroatoms. The fourth-order valence-electron chi connectivity index (χ4n) is 1.67. The van der Waals surface area contributed by atoms with Gasteiger partial charge in [0.2, 0.25) is 0 Å². The van der Waals surface area contributed by atoms with Crippen LogP contribution in [0.3, 0.4) is 0 Å². The zero-order valence-electron chi connectivity index (χ0n) is 12.9. The highest BCUT2D eigenvalue weighted by Gasteiger charge is 2.12. The Morgan fingerprint density at radius 3 is 2.65 bits per heavy atom. The van der Waals surface area contributed by atoms with E-state index < -0.39 is 0 Å². The number of hydrogen-bond acceptors (Lipinski definition) is 4. The van der Waals surface area contributed by atoms with E-state index in [2.05, 4.69) is 12.2 Å². The van der Waals surface area contributed by atoms with Crippen LogP contribution in [0, 0.1) is 0 Å². The summed E-state index contributed by atoms with van der Waals surface area (Å²) in [7, 11) is 5.25. The number of nitrogens with one attached hydrogen (secondary N) is 1. The van der Waals surface area contributed by atoms with Crippen molar-refractivity contribution in [1.82, 2.24) is 10.2 Å². The van der Waals surface area contributed by atoms with Crippen LogP contribution in [0.4, 0.5) is 0 Å². The molecule has 1 N–H and O–H groups in total. The normalized spacial score (nSPS) is 11.8. The van der Waals surface area contributed by atoms with Crippen LogP contribution in [0.2, 0.25) is 0 Å². The van der Waals surface area contributed by atoms with E-state index in [1.807, 2.05) is 32.2 Å². The Hall–Kier alpha value is -1.75. The molecule has 5 nitrogen and oxygen atoms in total. The third-order valence-corrected chi connectivity index (χ3v) is 3.37. The van der Waals surface area contributed by atoms with Crippen LogP contribution in [0.5, 0.6) is 11.5 Å². The molecule has 0 spiro atoms. The quantitative estimate of drug-likeness (QED) is 0.828. The highest BCUT2D eigenvalue weighted by atomic mass is 16.5. The summed E-state index contributed by atoms with van der Waals surface area (Å²) in [6, 6.07) is 5.95. The molecule has 1 amide bonds. The minimum Gasteiger partial charge on any atom is -0.493 e. The first-order valence-electron chi connectivity index (χ1n) is 6.75. The molecular weight excluding hydrogens is 256 g/mol. The summed E-state index contributed by atoms with van der Waals surface area (Å²) in [5.41, 5.74) is 1.11. The Kier molecular flexibility index (Phi) is 6.31. The van der Waals surface area contributed by atoms with E-state index >= 15 is 0 Å². The minimum absolute atomic E-state index is 0.0155. The maximum atomic E-state index is 11.7. The maximum absolute atomic E-state index is 11.7. The molecule has 0 aliphatic carbocycles. The summed E-state index contributed by atoms with van der Waals surface area (Å²) in [5, 5.41) is 3.17. The molecule has 1 rings (SSSR count). The molecule has 20 heavy (non-hydrogen) atoms. The van der Waals surface area contributed by atoms with Crippen molar-refractivity contribution in [3.8, 4) is 11.5 Å². The standard InChI is InChI=1S/C15H24N2O3/c1-6-17(4)15(18)10-20-13-8-7-12(11(2)16-3)9-14(13)19-5/h7-9,11,16H,6,10H2,1-5H3. The lowest BCUT2D eigenvalue weighted by atomic mass is 10.1. The summed E-state index contributed by atoms with van der Waals surface area (Å²) >= 11 is 0. The van der Waals surface area contributed by atoms with Gasteiger partial charge in [-0.3, -0.25) is 4.79 Å². The van der Waals surface area contributed by atoms with Crippen LogP contribution >= 0.6 is 0 Å². The Morgan fingerprint density at radius 2 is 2.10 bits per heavy atom. The average molecular weight is 280 g/mol. The number of benzene rings is 1. The number of rotatable bonds is 7. The van der Waals surface area contributed by atoms with Gasteiger partial charge in [0, 0.05) is 19.6 Å². The lowest BCUT2D eigenvalue weighted by molar-refractivity contribution is -0.131. The highest BCUT2D eigenvalue weighted by Crippen LogP contribution is 2.30. The van der Waals surface area contributed by atoms with Crippen molar-refractivity contribution >= 4 is 5.91 Å². The van der Waals surface area contributed by atoms with Crippen molar-refractivity contribution in [2.75, 3.05) is 34.4 Å². The van der Waals surface area contributed by atoms with E-state index in [4.69, 9.17) is 9.47 Å². The molecule has 0 aromatic heterocycles. The van der Waals surface area contributed by atoms with Crippen molar-refractivity contribution in [3.63, 3.8) is 0 Å². The monoisotopic (exact) mass is 280 g/mol. The number of carbonyl (C=O) groups is 1. The van der Waals surface area contributed by atoms with E-state index in [9.17, 15) is 4.79 Å². The Labute approximate surface area is 120 Å². The number of amides is 1. The van der Waals surface area contributed by atoms with E-state index in [1.165, 1.54) is 0 Å². The van der Waals surface area contributed by atoms with Crippen molar-refractivity contribution in [3.05, 3.63) is 23.8 Å². The largest absolute Gasteiger partial charge is 0.493 e. The number of carbonyl (C=O) groups excluding carboxylic acids is 1. The lowest BCUT2D eigenvalue weighted by Crippen LogP contribution is -2.31. The van der Waals surface area contributed by atoms with Gasteiger partial charge in [-0.25, -0.2) is 0 Å². The molecule has 0 bridgehead atoms. The Morgan fingerprint density at radius 1 is 1.40 bits per heavy atom.